The summed E-state index contributed by atoms with van der Waals surface area (Å²) in [6.45, 7) is 0. The molecule has 0 aliphatic heterocycles. The summed E-state index contributed by atoms with van der Waals surface area (Å²) in [4.78, 5) is 14.1. The van der Waals surface area contributed by atoms with Crippen molar-refractivity contribution in [3.05, 3.63) is 92.8 Å². The molecular weight excluding hydrogens is 370 g/mol. The van der Waals surface area contributed by atoms with Gasteiger partial charge in [-0.25, -0.2) is 8.78 Å². The molecule has 0 spiro atoms. The molecule has 0 saturated heterocycles. The molecular formula is C21H12F2OS2. The topological polar surface area (TPSA) is 17.1 Å². The van der Waals surface area contributed by atoms with Crippen molar-refractivity contribution in [2.45, 2.75) is 0 Å². The average molecular weight is 382 g/mol. The summed E-state index contributed by atoms with van der Waals surface area (Å²) in [7, 11) is 0. The van der Waals surface area contributed by atoms with Crippen LogP contribution in [0.15, 0.2) is 71.4 Å². The van der Waals surface area contributed by atoms with Crippen LogP contribution in [-0.4, -0.2) is 5.78 Å². The third-order valence-corrected chi connectivity index (χ3v) is 5.90. The van der Waals surface area contributed by atoms with Crippen LogP contribution in [0.25, 0.3) is 22.3 Å². The van der Waals surface area contributed by atoms with Gasteiger partial charge in [-0.2, -0.15) is 0 Å². The minimum atomic E-state index is -0.375. The number of carbonyl (C=O) groups excluding carboxylic acids is 1. The minimum Gasteiger partial charge on any atom is -0.287 e. The molecule has 0 radical (unpaired) electrons. The van der Waals surface area contributed by atoms with Crippen LogP contribution in [0.5, 0.6) is 0 Å². The van der Waals surface area contributed by atoms with Crippen molar-refractivity contribution < 1.29 is 13.6 Å². The lowest BCUT2D eigenvalue weighted by Gasteiger charge is -2.07. The third kappa shape index (κ3) is 2.89. The van der Waals surface area contributed by atoms with Crippen molar-refractivity contribution in [1.29, 1.82) is 0 Å². The first-order valence-corrected chi connectivity index (χ1v) is 9.62. The Balaban J connectivity index is 1.81. The van der Waals surface area contributed by atoms with Crippen molar-refractivity contribution in [2.24, 2.45) is 0 Å². The lowest BCUT2D eigenvalue weighted by Crippen LogP contribution is -2.01. The molecule has 0 unspecified atom stereocenters. The summed E-state index contributed by atoms with van der Waals surface area (Å²) >= 11 is 2.53. The molecule has 0 N–H and O–H groups in total. The maximum atomic E-state index is 14.2. The van der Waals surface area contributed by atoms with Gasteiger partial charge in [-0.1, -0.05) is 36.4 Å². The number of rotatable bonds is 4. The molecule has 0 fully saturated rings. The Kier molecular flexibility index (Phi) is 4.49. The van der Waals surface area contributed by atoms with Gasteiger partial charge in [0, 0.05) is 22.3 Å². The standard InChI is InChI=1S/C21H12F2OS2/c22-17-7-3-1-5-13(17)15-9-11-25-20(15)19(24)21-16(10-12-26-21)14-6-2-4-8-18(14)23/h1-12H. The molecule has 128 valence electrons. The zero-order chi connectivity index (χ0) is 18.1. The highest BCUT2D eigenvalue weighted by Gasteiger charge is 2.23. The quantitative estimate of drug-likeness (QED) is 0.361. The van der Waals surface area contributed by atoms with E-state index in [-0.39, 0.29) is 17.4 Å². The zero-order valence-electron chi connectivity index (χ0n) is 13.4. The summed E-state index contributed by atoms with van der Waals surface area (Å²) < 4.78 is 28.4. The Morgan fingerprint density at radius 3 is 1.46 bits per heavy atom. The number of halogens is 2. The van der Waals surface area contributed by atoms with Gasteiger partial charge in [0.05, 0.1) is 9.75 Å². The fourth-order valence-corrected chi connectivity index (χ4v) is 4.63. The van der Waals surface area contributed by atoms with Crippen molar-refractivity contribution in [3.8, 4) is 22.3 Å². The summed E-state index contributed by atoms with van der Waals surface area (Å²) in [5.41, 5.74) is 1.90. The predicted molar refractivity (Wildman–Crippen MR) is 103 cm³/mol. The first kappa shape index (κ1) is 16.8. The van der Waals surface area contributed by atoms with Crippen molar-refractivity contribution in [1.82, 2.24) is 0 Å². The molecule has 0 atom stereocenters. The van der Waals surface area contributed by atoms with E-state index in [1.54, 1.807) is 59.3 Å². The SMILES string of the molecule is O=C(c1sccc1-c1ccccc1F)c1sccc1-c1ccccc1F. The summed E-state index contributed by atoms with van der Waals surface area (Å²) in [6, 6.07) is 16.2. The predicted octanol–water partition coefficient (Wildman–Crippen LogP) is 6.65. The smallest absolute Gasteiger partial charge is 0.214 e. The van der Waals surface area contributed by atoms with Gasteiger partial charge >= 0.3 is 0 Å². The van der Waals surface area contributed by atoms with E-state index in [1.165, 1.54) is 34.8 Å². The molecule has 0 aliphatic carbocycles. The molecule has 1 nitrogen and oxygen atoms in total. The van der Waals surface area contributed by atoms with Crippen LogP contribution in [0, 0.1) is 11.6 Å². The monoisotopic (exact) mass is 382 g/mol. The number of hydrogen-bond donors (Lipinski definition) is 0. The van der Waals surface area contributed by atoms with Gasteiger partial charge < -0.3 is 0 Å². The lowest BCUT2D eigenvalue weighted by atomic mass is 10.0. The van der Waals surface area contributed by atoms with E-state index in [1.807, 2.05) is 0 Å². The second kappa shape index (κ2) is 6.94. The zero-order valence-corrected chi connectivity index (χ0v) is 15.0. The molecule has 2 aromatic heterocycles. The molecule has 2 aromatic carbocycles. The second-order valence-electron chi connectivity index (χ2n) is 5.62. The van der Waals surface area contributed by atoms with Gasteiger partial charge in [0.2, 0.25) is 5.78 Å². The summed E-state index contributed by atoms with van der Waals surface area (Å²) in [5.74, 6) is -0.965. The van der Waals surface area contributed by atoms with Gasteiger partial charge in [-0.15, -0.1) is 22.7 Å². The van der Waals surface area contributed by atoms with Gasteiger partial charge in [0.15, 0.2) is 0 Å². The van der Waals surface area contributed by atoms with E-state index < -0.39 is 0 Å². The number of benzene rings is 2. The summed E-state index contributed by atoms with van der Waals surface area (Å²) in [5, 5.41) is 3.54. The number of hydrogen-bond acceptors (Lipinski definition) is 3. The van der Waals surface area contributed by atoms with Gasteiger partial charge in [0.1, 0.15) is 11.6 Å². The minimum absolute atomic E-state index is 0.216. The number of thiophene rings is 2. The maximum absolute atomic E-state index is 14.2. The van der Waals surface area contributed by atoms with E-state index in [0.29, 0.717) is 32.0 Å². The number of carbonyl (C=O) groups is 1. The highest BCUT2D eigenvalue weighted by Crippen LogP contribution is 2.36. The Morgan fingerprint density at radius 1 is 0.615 bits per heavy atom. The van der Waals surface area contributed by atoms with Gasteiger partial charge in [-0.05, 0) is 35.0 Å². The molecule has 0 saturated carbocycles. The molecule has 4 rings (SSSR count). The fourth-order valence-electron chi connectivity index (χ4n) is 2.86. The van der Waals surface area contributed by atoms with Crippen LogP contribution in [0.4, 0.5) is 8.78 Å². The van der Waals surface area contributed by atoms with E-state index in [4.69, 9.17) is 0 Å². The molecule has 26 heavy (non-hydrogen) atoms. The average Bonchev–Trinajstić information content (AvgIpc) is 3.31. The molecule has 5 heteroatoms. The van der Waals surface area contributed by atoms with Crippen LogP contribution in [0.1, 0.15) is 14.5 Å². The van der Waals surface area contributed by atoms with Crippen molar-refractivity contribution in [3.63, 3.8) is 0 Å². The first-order chi connectivity index (χ1) is 12.7. The molecule has 0 bridgehead atoms. The second-order valence-corrected chi connectivity index (χ2v) is 7.45. The van der Waals surface area contributed by atoms with Crippen LogP contribution in [0.2, 0.25) is 0 Å². The Bertz CT molecular complexity index is 1010. The van der Waals surface area contributed by atoms with Crippen molar-refractivity contribution >= 4 is 28.5 Å². The fraction of sp³-hybridized carbons (Fsp3) is 0. The Labute approximate surface area is 157 Å². The normalized spacial score (nSPS) is 10.8. The molecule has 4 aromatic rings. The van der Waals surface area contributed by atoms with E-state index in [0.717, 1.165) is 0 Å². The Morgan fingerprint density at radius 2 is 1.04 bits per heavy atom. The van der Waals surface area contributed by atoms with Crippen LogP contribution < -0.4 is 0 Å². The van der Waals surface area contributed by atoms with E-state index in [9.17, 15) is 13.6 Å². The highest BCUT2D eigenvalue weighted by atomic mass is 32.1. The van der Waals surface area contributed by atoms with E-state index in [2.05, 4.69) is 0 Å². The summed E-state index contributed by atoms with van der Waals surface area (Å²) in [6.07, 6.45) is 0. The Hall–Kier alpha value is -2.63. The first-order valence-electron chi connectivity index (χ1n) is 7.86. The number of ketones is 1. The largest absolute Gasteiger partial charge is 0.287 e. The van der Waals surface area contributed by atoms with Crippen LogP contribution in [-0.2, 0) is 0 Å². The lowest BCUT2D eigenvalue weighted by molar-refractivity contribution is 0.104. The van der Waals surface area contributed by atoms with Crippen molar-refractivity contribution in [2.75, 3.05) is 0 Å². The molecule has 2 heterocycles. The van der Waals surface area contributed by atoms with E-state index >= 15 is 0 Å². The van der Waals surface area contributed by atoms with Crippen LogP contribution >= 0.6 is 22.7 Å². The van der Waals surface area contributed by atoms with Gasteiger partial charge in [-0.3, -0.25) is 4.79 Å². The molecule has 0 amide bonds. The van der Waals surface area contributed by atoms with Crippen LogP contribution in [0.3, 0.4) is 0 Å². The molecule has 0 aliphatic rings. The maximum Gasteiger partial charge on any atom is 0.214 e. The third-order valence-electron chi connectivity index (χ3n) is 4.07. The highest BCUT2D eigenvalue weighted by molar-refractivity contribution is 7.16. The van der Waals surface area contributed by atoms with Gasteiger partial charge in [0.25, 0.3) is 0 Å².